The molecule has 0 bridgehead atoms. The summed E-state index contributed by atoms with van der Waals surface area (Å²) < 4.78 is 21.6. The van der Waals surface area contributed by atoms with Crippen LogP contribution < -0.4 is 4.57 Å². The molecular formula is C21H20FN2O+. The summed E-state index contributed by atoms with van der Waals surface area (Å²) in [5.74, 6) is -0.0628. The highest BCUT2D eigenvalue weighted by atomic mass is 19.1. The van der Waals surface area contributed by atoms with Crippen molar-refractivity contribution >= 4 is 22.1 Å². The summed E-state index contributed by atoms with van der Waals surface area (Å²) in [6.45, 7) is 6.42. The molecule has 3 aromatic heterocycles. The van der Waals surface area contributed by atoms with E-state index in [1.54, 1.807) is 6.07 Å². The fourth-order valence-electron chi connectivity index (χ4n) is 3.34. The molecule has 25 heavy (non-hydrogen) atoms. The molecule has 0 aliphatic heterocycles. The molecule has 1 aromatic carbocycles. The maximum atomic E-state index is 13.5. The molecule has 0 saturated carbocycles. The third-order valence-corrected chi connectivity index (χ3v) is 4.76. The van der Waals surface area contributed by atoms with Crippen LogP contribution in [0.3, 0.4) is 0 Å². The molecule has 4 heteroatoms. The Morgan fingerprint density at radius 3 is 2.52 bits per heavy atom. The van der Waals surface area contributed by atoms with Gasteiger partial charge in [0.05, 0.1) is 5.56 Å². The molecule has 3 heterocycles. The number of furan rings is 1. The molecule has 0 unspecified atom stereocenters. The monoisotopic (exact) mass is 335 g/mol. The third kappa shape index (κ3) is 2.49. The highest BCUT2D eigenvalue weighted by Crippen LogP contribution is 2.36. The number of hydrogen-bond acceptors (Lipinski definition) is 2. The highest BCUT2D eigenvalue weighted by molar-refractivity contribution is 6.08. The van der Waals surface area contributed by atoms with Crippen LogP contribution in [0.25, 0.3) is 33.3 Å². The zero-order valence-electron chi connectivity index (χ0n) is 14.8. The second-order valence-electron chi connectivity index (χ2n) is 6.84. The van der Waals surface area contributed by atoms with Crippen LogP contribution in [-0.2, 0) is 7.05 Å². The largest absolute Gasteiger partial charge is 0.437 e. The summed E-state index contributed by atoms with van der Waals surface area (Å²) in [6, 6.07) is 11.5. The van der Waals surface area contributed by atoms with Gasteiger partial charge in [0.25, 0.3) is 0 Å². The minimum Gasteiger partial charge on any atom is -0.437 e. The van der Waals surface area contributed by atoms with E-state index in [0.29, 0.717) is 11.6 Å². The summed E-state index contributed by atoms with van der Waals surface area (Å²) in [7, 11) is 2.04. The minimum absolute atomic E-state index is 0.336. The Morgan fingerprint density at radius 2 is 1.80 bits per heavy atom. The van der Waals surface area contributed by atoms with Crippen LogP contribution in [0.5, 0.6) is 0 Å². The van der Waals surface area contributed by atoms with Crippen molar-refractivity contribution in [3.63, 3.8) is 0 Å². The number of fused-ring (bicyclic) bond motifs is 3. The van der Waals surface area contributed by atoms with E-state index < -0.39 is 5.95 Å². The van der Waals surface area contributed by atoms with Gasteiger partial charge < -0.3 is 4.42 Å². The molecule has 0 radical (unpaired) electrons. The molecule has 0 aliphatic rings. The average Bonchev–Trinajstić information content (AvgIpc) is 2.92. The number of hydrogen-bond donors (Lipinski definition) is 0. The summed E-state index contributed by atoms with van der Waals surface area (Å²) in [6.07, 6.45) is 2.15. The number of aromatic nitrogens is 2. The standard InChI is InChI=1S/C21H20FN2O/c1-12(2)14-6-9-17(24(4)11-14)19-13(3)5-7-15-16-8-10-18(22)23-21(16)25-20(15)19/h5-12H,1-4H3/q+1. The predicted octanol–water partition coefficient (Wildman–Crippen LogP) is 5.04. The molecule has 0 aliphatic carbocycles. The Kier molecular flexibility index (Phi) is 3.57. The lowest BCUT2D eigenvalue weighted by Crippen LogP contribution is -2.31. The Balaban J connectivity index is 2.04. The van der Waals surface area contributed by atoms with E-state index in [4.69, 9.17) is 4.42 Å². The molecule has 0 amide bonds. The summed E-state index contributed by atoms with van der Waals surface area (Å²) in [5, 5.41) is 1.79. The van der Waals surface area contributed by atoms with Gasteiger partial charge in [0, 0.05) is 22.4 Å². The van der Waals surface area contributed by atoms with Gasteiger partial charge in [0.2, 0.25) is 17.4 Å². The summed E-state index contributed by atoms with van der Waals surface area (Å²) >= 11 is 0. The van der Waals surface area contributed by atoms with Gasteiger partial charge in [-0.3, -0.25) is 0 Å². The van der Waals surface area contributed by atoms with Crippen molar-refractivity contribution in [2.24, 2.45) is 7.05 Å². The van der Waals surface area contributed by atoms with Gasteiger partial charge in [0.15, 0.2) is 11.8 Å². The van der Waals surface area contributed by atoms with Crippen molar-refractivity contribution < 1.29 is 13.4 Å². The number of halogens is 1. The Labute approximate surface area is 145 Å². The molecule has 0 spiro atoms. The fraction of sp³-hybridized carbons (Fsp3) is 0.238. The van der Waals surface area contributed by atoms with E-state index in [9.17, 15) is 4.39 Å². The average molecular weight is 335 g/mol. The van der Waals surface area contributed by atoms with Gasteiger partial charge in [0.1, 0.15) is 7.05 Å². The van der Waals surface area contributed by atoms with Crippen LogP contribution in [-0.4, -0.2) is 4.98 Å². The van der Waals surface area contributed by atoms with Gasteiger partial charge in [-0.05, 0) is 36.6 Å². The zero-order chi connectivity index (χ0) is 17.7. The van der Waals surface area contributed by atoms with Crippen molar-refractivity contribution in [1.82, 2.24) is 4.98 Å². The summed E-state index contributed by atoms with van der Waals surface area (Å²) in [5.41, 5.74) is 5.56. The van der Waals surface area contributed by atoms with Crippen molar-refractivity contribution in [1.29, 1.82) is 0 Å². The van der Waals surface area contributed by atoms with Gasteiger partial charge in [-0.15, -0.1) is 0 Å². The predicted molar refractivity (Wildman–Crippen MR) is 96.9 cm³/mol. The normalized spacial score (nSPS) is 11.8. The highest BCUT2D eigenvalue weighted by Gasteiger charge is 2.21. The van der Waals surface area contributed by atoms with E-state index in [-0.39, 0.29) is 0 Å². The summed E-state index contributed by atoms with van der Waals surface area (Å²) in [4.78, 5) is 3.90. The van der Waals surface area contributed by atoms with Crippen LogP contribution in [0.4, 0.5) is 4.39 Å². The first-order valence-electron chi connectivity index (χ1n) is 8.44. The molecule has 4 rings (SSSR count). The van der Waals surface area contributed by atoms with Crippen LogP contribution in [0.15, 0.2) is 47.0 Å². The lowest BCUT2D eigenvalue weighted by molar-refractivity contribution is -0.660. The van der Waals surface area contributed by atoms with E-state index in [1.165, 1.54) is 11.6 Å². The number of aryl methyl sites for hydroxylation is 2. The topological polar surface area (TPSA) is 29.9 Å². The van der Waals surface area contributed by atoms with Crippen molar-refractivity contribution in [3.8, 4) is 11.3 Å². The van der Waals surface area contributed by atoms with Crippen molar-refractivity contribution in [3.05, 3.63) is 59.7 Å². The minimum atomic E-state index is -0.531. The van der Waals surface area contributed by atoms with Gasteiger partial charge >= 0.3 is 0 Å². The number of pyridine rings is 2. The van der Waals surface area contributed by atoms with Gasteiger partial charge in [-0.25, -0.2) is 4.57 Å². The quantitative estimate of drug-likeness (QED) is 0.379. The molecular weight excluding hydrogens is 315 g/mol. The molecule has 0 atom stereocenters. The van der Waals surface area contributed by atoms with Gasteiger partial charge in [-0.1, -0.05) is 26.0 Å². The molecule has 4 aromatic rings. The maximum Gasteiger partial charge on any atom is 0.229 e. The number of rotatable bonds is 2. The molecule has 0 N–H and O–H groups in total. The zero-order valence-corrected chi connectivity index (χ0v) is 14.8. The second kappa shape index (κ2) is 5.66. The van der Waals surface area contributed by atoms with E-state index >= 15 is 0 Å². The van der Waals surface area contributed by atoms with Gasteiger partial charge in [-0.2, -0.15) is 9.37 Å². The van der Waals surface area contributed by atoms with E-state index in [0.717, 1.165) is 33.2 Å². The molecule has 0 saturated heterocycles. The van der Waals surface area contributed by atoms with Crippen LogP contribution >= 0.6 is 0 Å². The Hall–Kier alpha value is -2.75. The first-order valence-corrected chi connectivity index (χ1v) is 8.44. The SMILES string of the molecule is Cc1ccc2c(oc3nc(F)ccc32)c1-c1ccc(C(C)C)c[n+]1C. The molecule has 126 valence electrons. The van der Waals surface area contributed by atoms with Crippen molar-refractivity contribution in [2.45, 2.75) is 26.7 Å². The second-order valence-corrected chi connectivity index (χ2v) is 6.84. The maximum absolute atomic E-state index is 13.5. The first-order chi connectivity index (χ1) is 12.0. The van der Waals surface area contributed by atoms with E-state index in [1.807, 2.05) is 13.1 Å². The lowest BCUT2D eigenvalue weighted by atomic mass is 9.99. The number of nitrogens with zero attached hydrogens (tertiary/aromatic N) is 2. The van der Waals surface area contributed by atoms with Crippen molar-refractivity contribution in [2.75, 3.05) is 0 Å². The number of benzene rings is 1. The lowest BCUT2D eigenvalue weighted by Gasteiger charge is -2.08. The fourth-order valence-corrected chi connectivity index (χ4v) is 3.34. The van der Waals surface area contributed by atoms with Crippen LogP contribution in [0.2, 0.25) is 0 Å². The first kappa shape index (κ1) is 15.8. The van der Waals surface area contributed by atoms with Crippen LogP contribution in [0.1, 0.15) is 30.9 Å². The Morgan fingerprint density at radius 1 is 1.04 bits per heavy atom. The Bertz CT molecular complexity index is 1110. The third-order valence-electron chi connectivity index (χ3n) is 4.76. The van der Waals surface area contributed by atoms with E-state index in [2.05, 4.69) is 54.7 Å². The van der Waals surface area contributed by atoms with Crippen LogP contribution in [0, 0.1) is 12.9 Å². The smallest absolute Gasteiger partial charge is 0.229 e. The molecule has 3 nitrogen and oxygen atoms in total. The molecule has 0 fully saturated rings.